The third kappa shape index (κ3) is 4.08. The van der Waals surface area contributed by atoms with Crippen molar-refractivity contribution in [3.05, 3.63) is 47.5 Å². The van der Waals surface area contributed by atoms with Gasteiger partial charge in [-0.15, -0.1) is 10.2 Å². The number of aryl methyl sites for hydroxylation is 1. The van der Waals surface area contributed by atoms with Gasteiger partial charge in [-0.3, -0.25) is 4.90 Å². The third-order valence-corrected chi connectivity index (χ3v) is 6.06. The summed E-state index contributed by atoms with van der Waals surface area (Å²) in [5.74, 6) is 1.83. The normalized spacial score (nSPS) is 15.1. The van der Waals surface area contributed by atoms with E-state index in [0.717, 1.165) is 47.3 Å². The summed E-state index contributed by atoms with van der Waals surface area (Å²) in [5.41, 5.74) is 1.25. The van der Waals surface area contributed by atoms with Crippen LogP contribution in [-0.2, 0) is 13.1 Å². The first-order valence-corrected chi connectivity index (χ1v) is 10.0. The quantitative estimate of drug-likeness (QED) is 0.662. The molecule has 0 spiro atoms. The van der Waals surface area contributed by atoms with Crippen molar-refractivity contribution in [3.63, 3.8) is 0 Å². The van der Waals surface area contributed by atoms with Crippen molar-refractivity contribution >= 4 is 23.3 Å². The van der Waals surface area contributed by atoms with Gasteiger partial charge in [-0.2, -0.15) is 4.37 Å². The predicted octanol–water partition coefficient (Wildman–Crippen LogP) is 3.23. The first-order valence-electron chi connectivity index (χ1n) is 8.44. The minimum Gasteiger partial charge on any atom is -0.300 e. The highest BCUT2D eigenvalue weighted by Crippen LogP contribution is 2.29. The molecule has 0 bridgehead atoms. The van der Waals surface area contributed by atoms with Gasteiger partial charge in [-0.05, 0) is 61.7 Å². The maximum Gasteiger partial charge on any atom is 0.198 e. The molecule has 0 N–H and O–H groups in total. The van der Waals surface area contributed by atoms with Gasteiger partial charge in [0.25, 0.3) is 0 Å². The van der Waals surface area contributed by atoms with E-state index in [4.69, 9.17) is 0 Å². The van der Waals surface area contributed by atoms with Crippen molar-refractivity contribution < 1.29 is 0 Å². The third-order valence-electron chi connectivity index (χ3n) is 4.23. The molecule has 0 saturated carbocycles. The Labute approximate surface area is 155 Å². The number of rotatable bonds is 6. The van der Waals surface area contributed by atoms with Gasteiger partial charge in [0.2, 0.25) is 0 Å². The molecule has 8 heteroatoms. The van der Waals surface area contributed by atoms with E-state index >= 15 is 0 Å². The number of aromatic nitrogens is 5. The Morgan fingerprint density at radius 1 is 1.08 bits per heavy atom. The lowest BCUT2D eigenvalue weighted by atomic mass is 10.2. The number of hydrogen-bond donors (Lipinski definition) is 0. The average Bonchev–Trinajstić information content (AvgIpc) is 3.35. The van der Waals surface area contributed by atoms with Crippen LogP contribution in [0.2, 0.25) is 0 Å². The molecule has 130 valence electrons. The lowest BCUT2D eigenvalue weighted by Crippen LogP contribution is -2.21. The molecule has 0 aliphatic carbocycles. The van der Waals surface area contributed by atoms with Gasteiger partial charge in [0.1, 0.15) is 11.6 Å². The van der Waals surface area contributed by atoms with E-state index in [1.54, 1.807) is 11.8 Å². The monoisotopic (exact) mass is 372 g/mol. The second-order valence-electron chi connectivity index (χ2n) is 6.16. The van der Waals surface area contributed by atoms with E-state index in [-0.39, 0.29) is 0 Å². The lowest BCUT2D eigenvalue weighted by molar-refractivity contribution is 0.316. The van der Waals surface area contributed by atoms with Gasteiger partial charge < -0.3 is 4.57 Å². The number of likely N-dealkylation sites (tertiary alicyclic amines) is 1. The smallest absolute Gasteiger partial charge is 0.198 e. The highest BCUT2D eigenvalue weighted by molar-refractivity contribution is 8.00. The first-order chi connectivity index (χ1) is 12.3. The molecule has 1 aliphatic heterocycles. The minimum absolute atomic E-state index is 0.775. The SMILES string of the molecule is Cc1nsc(Sc2nnc(CN3CCCC3)n2Cc2ccccc2)n1. The van der Waals surface area contributed by atoms with E-state index in [1.807, 2.05) is 13.0 Å². The molecule has 0 atom stereocenters. The van der Waals surface area contributed by atoms with Gasteiger partial charge in [-0.25, -0.2) is 4.98 Å². The van der Waals surface area contributed by atoms with Crippen LogP contribution in [-0.4, -0.2) is 42.1 Å². The van der Waals surface area contributed by atoms with Crippen molar-refractivity contribution in [2.75, 3.05) is 13.1 Å². The Kier molecular flexibility index (Phi) is 5.09. The van der Waals surface area contributed by atoms with E-state index in [9.17, 15) is 0 Å². The highest BCUT2D eigenvalue weighted by Gasteiger charge is 2.19. The van der Waals surface area contributed by atoms with Crippen LogP contribution < -0.4 is 0 Å². The van der Waals surface area contributed by atoms with E-state index in [2.05, 4.69) is 53.3 Å². The van der Waals surface area contributed by atoms with E-state index in [1.165, 1.54) is 29.9 Å². The summed E-state index contributed by atoms with van der Waals surface area (Å²) >= 11 is 2.96. The maximum absolute atomic E-state index is 4.49. The van der Waals surface area contributed by atoms with Crippen molar-refractivity contribution in [2.24, 2.45) is 0 Å². The minimum atomic E-state index is 0.775. The molecule has 6 nitrogen and oxygen atoms in total. The zero-order valence-electron chi connectivity index (χ0n) is 14.1. The second-order valence-corrected chi connectivity index (χ2v) is 8.13. The maximum atomic E-state index is 4.49. The zero-order chi connectivity index (χ0) is 17.1. The topological polar surface area (TPSA) is 59.7 Å². The van der Waals surface area contributed by atoms with Crippen LogP contribution in [0.1, 0.15) is 30.1 Å². The molecule has 2 aromatic heterocycles. The van der Waals surface area contributed by atoms with Crippen LogP contribution in [0.4, 0.5) is 0 Å². The molecule has 4 rings (SSSR count). The summed E-state index contributed by atoms with van der Waals surface area (Å²) in [5, 5.41) is 9.82. The summed E-state index contributed by atoms with van der Waals surface area (Å²) in [6.45, 7) is 5.84. The Morgan fingerprint density at radius 3 is 2.60 bits per heavy atom. The van der Waals surface area contributed by atoms with Crippen LogP contribution in [0.5, 0.6) is 0 Å². The molecule has 0 unspecified atom stereocenters. The van der Waals surface area contributed by atoms with Crippen molar-refractivity contribution in [3.8, 4) is 0 Å². The van der Waals surface area contributed by atoms with Crippen LogP contribution in [0.25, 0.3) is 0 Å². The van der Waals surface area contributed by atoms with Gasteiger partial charge in [0, 0.05) is 0 Å². The highest BCUT2D eigenvalue weighted by atomic mass is 32.2. The summed E-state index contributed by atoms with van der Waals surface area (Å²) in [4.78, 5) is 6.90. The van der Waals surface area contributed by atoms with Gasteiger partial charge in [-0.1, -0.05) is 30.3 Å². The second kappa shape index (κ2) is 7.63. The zero-order valence-corrected chi connectivity index (χ0v) is 15.8. The Morgan fingerprint density at radius 2 is 1.88 bits per heavy atom. The molecular weight excluding hydrogens is 352 g/mol. The number of nitrogens with zero attached hydrogens (tertiary/aromatic N) is 6. The van der Waals surface area contributed by atoms with Gasteiger partial charge in [0.15, 0.2) is 9.50 Å². The van der Waals surface area contributed by atoms with Crippen molar-refractivity contribution in [1.29, 1.82) is 0 Å². The molecule has 0 radical (unpaired) electrons. The first kappa shape index (κ1) is 16.7. The number of hydrogen-bond acceptors (Lipinski definition) is 7. The number of benzene rings is 1. The Bertz CT molecular complexity index is 823. The summed E-state index contributed by atoms with van der Waals surface area (Å²) in [6.07, 6.45) is 2.55. The van der Waals surface area contributed by atoms with Crippen LogP contribution >= 0.6 is 23.3 Å². The average molecular weight is 373 g/mol. The Balaban J connectivity index is 1.61. The molecule has 0 amide bonds. The van der Waals surface area contributed by atoms with Gasteiger partial charge in [0.05, 0.1) is 13.1 Å². The van der Waals surface area contributed by atoms with E-state index < -0.39 is 0 Å². The summed E-state index contributed by atoms with van der Waals surface area (Å²) in [7, 11) is 0. The Hall–Kier alpha value is -1.77. The van der Waals surface area contributed by atoms with Gasteiger partial charge >= 0.3 is 0 Å². The molecule has 1 aromatic carbocycles. The summed E-state index contributed by atoms with van der Waals surface area (Å²) in [6, 6.07) is 10.5. The summed E-state index contributed by atoms with van der Waals surface area (Å²) < 4.78 is 7.39. The molecular formula is C17H20N6S2. The van der Waals surface area contributed by atoms with Crippen LogP contribution in [0, 0.1) is 6.92 Å². The molecule has 1 aliphatic rings. The van der Waals surface area contributed by atoms with E-state index in [0.29, 0.717) is 0 Å². The standard InChI is InChI=1S/C17H20N6S2/c1-13-18-17(25-21-13)24-16-20-19-15(12-22-9-5-6-10-22)23(16)11-14-7-3-2-4-8-14/h2-4,7-8H,5-6,9-12H2,1H3. The largest absolute Gasteiger partial charge is 0.300 e. The molecule has 3 aromatic rings. The van der Waals surface area contributed by atoms with Crippen molar-refractivity contribution in [1.82, 2.24) is 29.0 Å². The fourth-order valence-corrected chi connectivity index (χ4v) is 4.58. The molecule has 1 fully saturated rings. The van der Waals surface area contributed by atoms with Crippen LogP contribution in [0.15, 0.2) is 39.8 Å². The molecule has 3 heterocycles. The van der Waals surface area contributed by atoms with Crippen LogP contribution in [0.3, 0.4) is 0 Å². The fourth-order valence-electron chi connectivity index (χ4n) is 2.97. The fraction of sp³-hybridized carbons (Fsp3) is 0.412. The van der Waals surface area contributed by atoms with Crippen molar-refractivity contribution in [2.45, 2.75) is 42.4 Å². The predicted molar refractivity (Wildman–Crippen MR) is 98.8 cm³/mol. The molecule has 25 heavy (non-hydrogen) atoms. The molecule has 1 saturated heterocycles. The lowest BCUT2D eigenvalue weighted by Gasteiger charge is -2.15.